The largest absolute Gasteiger partial charge is 0.316 e. The van der Waals surface area contributed by atoms with E-state index in [1.165, 1.54) is 6.42 Å². The van der Waals surface area contributed by atoms with Gasteiger partial charge in [0, 0.05) is 17.5 Å². The van der Waals surface area contributed by atoms with Gasteiger partial charge in [0.25, 0.3) is 0 Å². The second kappa shape index (κ2) is 4.86. The minimum atomic E-state index is 0.709. The van der Waals surface area contributed by atoms with Crippen molar-refractivity contribution in [2.75, 3.05) is 13.1 Å². The average molecular weight is 243 g/mol. The third-order valence-corrected chi connectivity index (χ3v) is 3.47. The molecule has 1 saturated heterocycles. The first kappa shape index (κ1) is 11.3. The monoisotopic (exact) mass is 243 g/mol. The SMILES string of the molecule is Cc1[nH]ncc1-c1cnc(C[C@@H]2CCNC2)cn1. The summed E-state index contributed by atoms with van der Waals surface area (Å²) in [5.41, 5.74) is 4.01. The molecule has 0 radical (unpaired) electrons. The summed E-state index contributed by atoms with van der Waals surface area (Å²) >= 11 is 0. The summed E-state index contributed by atoms with van der Waals surface area (Å²) in [6.45, 7) is 4.22. The van der Waals surface area contributed by atoms with Gasteiger partial charge in [-0.3, -0.25) is 15.1 Å². The number of H-pyrrole nitrogens is 1. The molecule has 0 saturated carbocycles. The van der Waals surface area contributed by atoms with Crippen LogP contribution in [0.3, 0.4) is 0 Å². The van der Waals surface area contributed by atoms with Crippen LogP contribution in [0.25, 0.3) is 11.3 Å². The van der Waals surface area contributed by atoms with E-state index in [0.29, 0.717) is 5.92 Å². The Morgan fingerprint density at radius 3 is 2.83 bits per heavy atom. The van der Waals surface area contributed by atoms with Gasteiger partial charge < -0.3 is 5.32 Å². The summed E-state index contributed by atoms with van der Waals surface area (Å²) in [6, 6.07) is 0. The Labute approximate surface area is 106 Å². The maximum absolute atomic E-state index is 4.51. The van der Waals surface area contributed by atoms with Crippen LogP contribution in [-0.4, -0.2) is 33.3 Å². The number of nitrogens with zero attached hydrogens (tertiary/aromatic N) is 3. The average Bonchev–Trinajstić information content (AvgIpc) is 3.02. The number of aromatic nitrogens is 4. The topological polar surface area (TPSA) is 66.5 Å². The summed E-state index contributed by atoms with van der Waals surface area (Å²) in [4.78, 5) is 8.99. The van der Waals surface area contributed by atoms with Crippen molar-refractivity contribution in [3.05, 3.63) is 30.0 Å². The smallest absolute Gasteiger partial charge is 0.0919 e. The van der Waals surface area contributed by atoms with E-state index in [4.69, 9.17) is 0 Å². The molecule has 5 heteroatoms. The first-order chi connectivity index (χ1) is 8.83. The number of nitrogens with one attached hydrogen (secondary N) is 2. The van der Waals surface area contributed by atoms with Gasteiger partial charge in [-0.05, 0) is 38.8 Å². The molecule has 0 aliphatic carbocycles. The summed E-state index contributed by atoms with van der Waals surface area (Å²) < 4.78 is 0. The highest BCUT2D eigenvalue weighted by molar-refractivity contribution is 5.59. The van der Waals surface area contributed by atoms with Gasteiger partial charge >= 0.3 is 0 Å². The fourth-order valence-corrected chi connectivity index (χ4v) is 2.39. The van der Waals surface area contributed by atoms with E-state index < -0.39 is 0 Å². The molecule has 5 nitrogen and oxygen atoms in total. The zero-order chi connectivity index (χ0) is 12.4. The van der Waals surface area contributed by atoms with Crippen molar-refractivity contribution in [1.82, 2.24) is 25.5 Å². The molecule has 0 aromatic carbocycles. The fourth-order valence-electron chi connectivity index (χ4n) is 2.39. The molecular formula is C13H17N5. The van der Waals surface area contributed by atoms with Crippen LogP contribution in [-0.2, 0) is 6.42 Å². The Kier molecular flexibility index (Phi) is 3.06. The molecule has 2 aromatic rings. The zero-order valence-electron chi connectivity index (χ0n) is 10.5. The Morgan fingerprint density at radius 1 is 1.28 bits per heavy atom. The van der Waals surface area contributed by atoms with Crippen LogP contribution in [0.15, 0.2) is 18.6 Å². The van der Waals surface area contributed by atoms with Gasteiger partial charge in [-0.15, -0.1) is 0 Å². The van der Waals surface area contributed by atoms with Gasteiger partial charge in [-0.2, -0.15) is 5.10 Å². The van der Waals surface area contributed by atoms with Crippen molar-refractivity contribution < 1.29 is 0 Å². The van der Waals surface area contributed by atoms with Gasteiger partial charge in [0.15, 0.2) is 0 Å². The van der Waals surface area contributed by atoms with Gasteiger partial charge in [0.2, 0.25) is 0 Å². The Hall–Kier alpha value is -1.75. The molecule has 0 bridgehead atoms. The van der Waals surface area contributed by atoms with Crippen LogP contribution in [0.4, 0.5) is 0 Å². The van der Waals surface area contributed by atoms with Gasteiger partial charge in [0.05, 0.1) is 23.8 Å². The van der Waals surface area contributed by atoms with Gasteiger partial charge in [-0.25, -0.2) is 0 Å². The summed E-state index contributed by atoms with van der Waals surface area (Å²) in [7, 11) is 0. The molecule has 2 N–H and O–H groups in total. The van der Waals surface area contributed by atoms with E-state index in [9.17, 15) is 0 Å². The van der Waals surface area contributed by atoms with Crippen LogP contribution in [0, 0.1) is 12.8 Å². The maximum Gasteiger partial charge on any atom is 0.0919 e. The van der Waals surface area contributed by atoms with Crippen molar-refractivity contribution in [1.29, 1.82) is 0 Å². The number of aryl methyl sites for hydroxylation is 1. The zero-order valence-corrected chi connectivity index (χ0v) is 10.5. The molecule has 0 unspecified atom stereocenters. The lowest BCUT2D eigenvalue weighted by Crippen LogP contribution is -2.11. The molecule has 1 aliphatic heterocycles. The minimum absolute atomic E-state index is 0.709. The second-order valence-corrected chi connectivity index (χ2v) is 4.86. The Bertz CT molecular complexity index is 510. The summed E-state index contributed by atoms with van der Waals surface area (Å²) in [6.07, 6.45) is 7.78. The first-order valence-corrected chi connectivity index (χ1v) is 6.35. The molecule has 0 spiro atoms. The highest BCUT2D eigenvalue weighted by Gasteiger charge is 2.15. The molecular weight excluding hydrogens is 226 g/mol. The van der Waals surface area contributed by atoms with E-state index >= 15 is 0 Å². The molecule has 3 heterocycles. The van der Waals surface area contributed by atoms with Crippen LogP contribution < -0.4 is 5.32 Å². The Morgan fingerprint density at radius 2 is 2.22 bits per heavy atom. The van der Waals surface area contributed by atoms with E-state index in [1.54, 1.807) is 6.20 Å². The van der Waals surface area contributed by atoms with Crippen LogP contribution >= 0.6 is 0 Å². The number of rotatable bonds is 3. The molecule has 3 rings (SSSR count). The first-order valence-electron chi connectivity index (χ1n) is 6.35. The lowest BCUT2D eigenvalue weighted by molar-refractivity contribution is 0.570. The molecule has 1 aliphatic rings. The predicted molar refractivity (Wildman–Crippen MR) is 69.0 cm³/mol. The molecule has 1 atom stereocenters. The van der Waals surface area contributed by atoms with Crippen molar-refractivity contribution in [3.63, 3.8) is 0 Å². The van der Waals surface area contributed by atoms with Gasteiger partial charge in [-0.1, -0.05) is 0 Å². The van der Waals surface area contributed by atoms with Crippen molar-refractivity contribution in [2.24, 2.45) is 5.92 Å². The summed E-state index contributed by atoms with van der Waals surface area (Å²) in [5.74, 6) is 0.709. The van der Waals surface area contributed by atoms with Crippen LogP contribution in [0.1, 0.15) is 17.8 Å². The standard InChI is InChI=1S/C13H17N5/c1-9-12(7-17-18-9)13-8-15-11(6-16-13)4-10-2-3-14-5-10/h6-8,10,14H,2-5H2,1H3,(H,17,18)/t10-/m0/s1. The maximum atomic E-state index is 4.51. The molecule has 18 heavy (non-hydrogen) atoms. The lowest BCUT2D eigenvalue weighted by Gasteiger charge is -2.07. The van der Waals surface area contributed by atoms with Crippen molar-refractivity contribution in [3.8, 4) is 11.3 Å². The van der Waals surface area contributed by atoms with Gasteiger partial charge in [0.1, 0.15) is 0 Å². The predicted octanol–water partition coefficient (Wildman–Crippen LogP) is 1.33. The summed E-state index contributed by atoms with van der Waals surface area (Å²) in [5, 5.41) is 10.3. The van der Waals surface area contributed by atoms with Crippen LogP contribution in [0.2, 0.25) is 0 Å². The fraction of sp³-hybridized carbons (Fsp3) is 0.462. The lowest BCUT2D eigenvalue weighted by atomic mass is 10.0. The number of aromatic amines is 1. The molecule has 94 valence electrons. The van der Waals surface area contributed by atoms with E-state index in [1.807, 2.05) is 19.3 Å². The van der Waals surface area contributed by atoms with E-state index in [2.05, 4.69) is 25.5 Å². The van der Waals surface area contributed by atoms with E-state index in [-0.39, 0.29) is 0 Å². The highest BCUT2D eigenvalue weighted by Crippen LogP contribution is 2.19. The number of hydrogen-bond acceptors (Lipinski definition) is 4. The quantitative estimate of drug-likeness (QED) is 0.853. The van der Waals surface area contributed by atoms with E-state index in [0.717, 1.165) is 42.2 Å². The normalized spacial score (nSPS) is 19.3. The third kappa shape index (κ3) is 2.26. The second-order valence-electron chi connectivity index (χ2n) is 4.86. The van der Waals surface area contributed by atoms with Crippen molar-refractivity contribution >= 4 is 0 Å². The highest BCUT2D eigenvalue weighted by atomic mass is 15.1. The van der Waals surface area contributed by atoms with Crippen LogP contribution in [0.5, 0.6) is 0 Å². The Balaban J connectivity index is 1.74. The molecule has 2 aromatic heterocycles. The number of hydrogen-bond donors (Lipinski definition) is 2. The third-order valence-electron chi connectivity index (χ3n) is 3.47. The minimum Gasteiger partial charge on any atom is -0.316 e. The van der Waals surface area contributed by atoms with Crippen molar-refractivity contribution in [2.45, 2.75) is 19.8 Å². The molecule has 1 fully saturated rings. The molecule has 0 amide bonds.